The molecule has 37 heavy (non-hydrogen) atoms. The summed E-state index contributed by atoms with van der Waals surface area (Å²) in [5, 5.41) is 7.01. The van der Waals surface area contributed by atoms with Crippen LogP contribution in [0.2, 0.25) is 0 Å². The van der Waals surface area contributed by atoms with Crippen LogP contribution in [0.4, 0.5) is 11.4 Å². The van der Waals surface area contributed by atoms with Crippen molar-refractivity contribution in [3.8, 4) is 11.3 Å². The number of amides is 1. The molecule has 1 saturated heterocycles. The van der Waals surface area contributed by atoms with Crippen LogP contribution in [0.5, 0.6) is 0 Å². The van der Waals surface area contributed by atoms with Gasteiger partial charge in [0.15, 0.2) is 5.11 Å². The van der Waals surface area contributed by atoms with Gasteiger partial charge >= 0.3 is 0 Å². The van der Waals surface area contributed by atoms with Gasteiger partial charge in [0.2, 0.25) is 5.91 Å². The third-order valence-electron chi connectivity index (χ3n) is 6.49. The monoisotopic (exact) mass is 574 g/mol. The number of rotatable bonds is 6. The lowest BCUT2D eigenvalue weighted by Crippen LogP contribution is -2.29. The summed E-state index contributed by atoms with van der Waals surface area (Å²) in [7, 11) is 0. The topological polar surface area (TPSA) is 70.4 Å². The predicted octanol–water partition coefficient (Wildman–Crippen LogP) is 7.25. The Labute approximate surface area is 230 Å². The van der Waals surface area contributed by atoms with Crippen molar-refractivity contribution < 1.29 is 9.21 Å². The second-order valence-electron chi connectivity index (χ2n) is 9.08. The average Bonchev–Trinajstić information content (AvgIpc) is 3.50. The van der Waals surface area contributed by atoms with Gasteiger partial charge in [-0.3, -0.25) is 9.78 Å². The van der Waals surface area contributed by atoms with Crippen LogP contribution in [0.25, 0.3) is 11.3 Å². The Morgan fingerprint density at radius 1 is 1.14 bits per heavy atom. The van der Waals surface area contributed by atoms with Crippen LogP contribution in [-0.4, -0.2) is 16.0 Å². The van der Waals surface area contributed by atoms with E-state index in [9.17, 15) is 4.79 Å². The Kier molecular flexibility index (Phi) is 7.13. The molecule has 0 unspecified atom stereocenters. The van der Waals surface area contributed by atoms with E-state index in [1.165, 1.54) is 5.56 Å². The summed E-state index contributed by atoms with van der Waals surface area (Å²) in [6.07, 6.45) is 2.21. The summed E-state index contributed by atoms with van der Waals surface area (Å²) in [5.41, 5.74) is 5.67. The number of nitrogens with zero attached hydrogens (tertiary/aromatic N) is 2. The number of halogens is 1. The van der Waals surface area contributed by atoms with E-state index >= 15 is 0 Å². The largest absolute Gasteiger partial charge is 0.459 e. The molecule has 2 aromatic heterocycles. The molecule has 0 spiro atoms. The van der Waals surface area contributed by atoms with Crippen LogP contribution in [-0.2, 0) is 4.79 Å². The van der Waals surface area contributed by atoms with Gasteiger partial charge in [-0.1, -0.05) is 35.0 Å². The highest BCUT2D eigenvalue weighted by atomic mass is 79.9. The molecule has 188 valence electrons. The quantitative estimate of drug-likeness (QED) is 0.236. The second kappa shape index (κ2) is 10.5. The van der Waals surface area contributed by atoms with Crippen LogP contribution in [0.3, 0.4) is 0 Å². The van der Waals surface area contributed by atoms with E-state index in [0.717, 1.165) is 44.2 Å². The van der Waals surface area contributed by atoms with Crippen LogP contribution in [0, 0.1) is 13.8 Å². The number of benzene rings is 2. The first kappa shape index (κ1) is 25.2. The first-order valence-corrected chi connectivity index (χ1v) is 13.3. The third-order valence-corrected chi connectivity index (χ3v) is 7.46. The molecule has 1 amide bonds. The molecule has 8 heteroatoms. The number of anilines is 2. The number of thiocarbonyl (C=S) groups is 1. The first-order chi connectivity index (χ1) is 17.9. The van der Waals surface area contributed by atoms with Crippen molar-refractivity contribution >= 4 is 50.5 Å². The van der Waals surface area contributed by atoms with Gasteiger partial charge in [0, 0.05) is 34.0 Å². The summed E-state index contributed by atoms with van der Waals surface area (Å²) < 4.78 is 7.47. The highest BCUT2D eigenvalue weighted by Crippen LogP contribution is 2.44. The molecule has 0 bridgehead atoms. The lowest BCUT2D eigenvalue weighted by atomic mass is 10.0. The number of nitrogens with one attached hydrogen (secondary N) is 2. The van der Waals surface area contributed by atoms with E-state index in [-0.39, 0.29) is 18.0 Å². The normalized spacial score (nSPS) is 17.1. The van der Waals surface area contributed by atoms with Crippen molar-refractivity contribution in [1.29, 1.82) is 0 Å². The minimum atomic E-state index is -0.268. The van der Waals surface area contributed by atoms with E-state index in [4.69, 9.17) is 16.6 Å². The van der Waals surface area contributed by atoms with E-state index in [1.807, 2.05) is 62.4 Å². The molecule has 6 nitrogen and oxygen atoms in total. The molecular weight excluding hydrogens is 548 g/mol. The Balaban J connectivity index is 1.57. The maximum Gasteiger partial charge on any atom is 0.224 e. The van der Waals surface area contributed by atoms with Crippen LogP contribution < -0.4 is 15.5 Å². The lowest BCUT2D eigenvalue weighted by Gasteiger charge is -2.27. The molecule has 1 aliphatic heterocycles. The maximum absolute atomic E-state index is 12.0. The summed E-state index contributed by atoms with van der Waals surface area (Å²) in [6.45, 7) is 5.87. The molecule has 5 rings (SSSR count). The number of aryl methyl sites for hydroxylation is 2. The van der Waals surface area contributed by atoms with E-state index < -0.39 is 0 Å². The highest BCUT2D eigenvalue weighted by molar-refractivity contribution is 9.10. The van der Waals surface area contributed by atoms with Crippen molar-refractivity contribution in [2.75, 3.05) is 10.2 Å². The second-order valence-corrected chi connectivity index (χ2v) is 10.3. The molecule has 2 aromatic carbocycles. The number of hydrogen-bond donors (Lipinski definition) is 2. The van der Waals surface area contributed by atoms with Gasteiger partial charge in [0.25, 0.3) is 0 Å². The summed E-state index contributed by atoms with van der Waals surface area (Å²) in [4.78, 5) is 18.6. The van der Waals surface area contributed by atoms with Gasteiger partial charge in [0.05, 0.1) is 11.7 Å². The van der Waals surface area contributed by atoms with E-state index in [0.29, 0.717) is 11.5 Å². The number of hydrogen-bond acceptors (Lipinski definition) is 4. The maximum atomic E-state index is 12.0. The van der Waals surface area contributed by atoms with Crippen LogP contribution in [0.15, 0.2) is 81.8 Å². The summed E-state index contributed by atoms with van der Waals surface area (Å²) in [6, 6.07) is 21.5. The molecule has 2 N–H and O–H groups in total. The number of aromatic nitrogens is 1. The summed E-state index contributed by atoms with van der Waals surface area (Å²) in [5.74, 6) is 1.52. The van der Waals surface area contributed by atoms with Crippen molar-refractivity contribution in [3.05, 3.63) is 100.0 Å². The Bertz CT molecular complexity index is 1470. The van der Waals surface area contributed by atoms with Gasteiger partial charge in [0.1, 0.15) is 17.6 Å². The van der Waals surface area contributed by atoms with E-state index in [1.54, 1.807) is 6.20 Å². The Morgan fingerprint density at radius 2 is 1.97 bits per heavy atom. The van der Waals surface area contributed by atoms with Crippen LogP contribution >= 0.6 is 28.1 Å². The predicted molar refractivity (Wildman–Crippen MR) is 155 cm³/mol. The van der Waals surface area contributed by atoms with Gasteiger partial charge in [-0.05, 0) is 91.8 Å². The minimum Gasteiger partial charge on any atom is -0.459 e. The SMILES string of the molecule is CCC(=O)Nc1ccc(N2C(=S)N[C@@H](c3ccccn3)[C@H]2c2ccc(-c3ccc(C)cc3Br)o2)cc1C. The molecule has 3 heterocycles. The van der Waals surface area contributed by atoms with Gasteiger partial charge in [-0.25, -0.2) is 0 Å². The number of pyridine rings is 1. The average molecular weight is 576 g/mol. The molecule has 1 aliphatic rings. The fourth-order valence-corrected chi connectivity index (χ4v) is 5.61. The van der Waals surface area contributed by atoms with Gasteiger partial charge in [-0.15, -0.1) is 0 Å². The smallest absolute Gasteiger partial charge is 0.224 e. The minimum absolute atomic E-state index is 0.0207. The molecule has 4 aromatic rings. The van der Waals surface area contributed by atoms with Gasteiger partial charge < -0.3 is 20.0 Å². The number of furan rings is 1. The van der Waals surface area contributed by atoms with Crippen molar-refractivity contribution in [3.63, 3.8) is 0 Å². The van der Waals surface area contributed by atoms with Crippen molar-refractivity contribution in [1.82, 2.24) is 10.3 Å². The zero-order chi connectivity index (χ0) is 26.1. The molecular formula is C29H27BrN4O2S. The van der Waals surface area contributed by atoms with Crippen LogP contribution in [0.1, 0.15) is 48.0 Å². The zero-order valence-corrected chi connectivity index (χ0v) is 23.2. The molecule has 0 radical (unpaired) electrons. The first-order valence-electron chi connectivity index (χ1n) is 12.1. The molecule has 2 atom stereocenters. The standard InChI is InChI=1S/C29H27BrN4O2S/c1-4-26(35)32-22-11-9-19(16-18(22)3)34-28(27(33-29(34)37)23-7-5-6-14-31-23)25-13-12-24(36-25)20-10-8-17(2)15-21(20)30/h5-16,27-28H,4H2,1-3H3,(H,32,35)(H,33,37)/t27-,28+/m0/s1. The zero-order valence-electron chi connectivity index (χ0n) is 20.8. The Hall–Kier alpha value is -3.49. The third kappa shape index (κ3) is 5.04. The molecule has 1 fully saturated rings. The van der Waals surface area contributed by atoms with Crippen molar-refractivity contribution in [2.45, 2.75) is 39.3 Å². The van der Waals surface area contributed by atoms with Crippen molar-refractivity contribution in [2.24, 2.45) is 0 Å². The fourth-order valence-electron chi connectivity index (χ4n) is 4.57. The summed E-state index contributed by atoms with van der Waals surface area (Å²) >= 11 is 9.52. The fraction of sp³-hybridized carbons (Fsp3) is 0.207. The Morgan fingerprint density at radius 3 is 2.68 bits per heavy atom. The highest BCUT2D eigenvalue weighted by Gasteiger charge is 2.42. The lowest BCUT2D eigenvalue weighted by molar-refractivity contribution is -0.115. The number of carbonyl (C=O) groups is 1. The van der Waals surface area contributed by atoms with E-state index in [2.05, 4.69) is 61.6 Å². The van der Waals surface area contributed by atoms with Gasteiger partial charge in [-0.2, -0.15) is 0 Å². The molecule has 0 aliphatic carbocycles. The number of carbonyl (C=O) groups excluding carboxylic acids is 1. The molecule has 0 saturated carbocycles.